The Labute approximate surface area is 153 Å². The van der Waals surface area contributed by atoms with Gasteiger partial charge >= 0.3 is 0 Å². The number of β-amino-alcohol motifs (C(OH)–C–C–N with tert-alkyl or cyclic N) is 1. The van der Waals surface area contributed by atoms with Crippen molar-refractivity contribution in [3.63, 3.8) is 0 Å². The van der Waals surface area contributed by atoms with Gasteiger partial charge in [-0.2, -0.15) is 4.98 Å². The smallest absolute Gasteiger partial charge is 0.244 e. The molecule has 0 bridgehead atoms. The Hall–Kier alpha value is -2.50. The first kappa shape index (κ1) is 16.9. The van der Waals surface area contributed by atoms with Crippen molar-refractivity contribution in [1.29, 1.82) is 0 Å². The second-order valence-electron chi connectivity index (χ2n) is 7.03. The summed E-state index contributed by atoms with van der Waals surface area (Å²) in [5, 5.41) is 14.3. The van der Waals surface area contributed by atoms with Crippen LogP contribution in [-0.2, 0) is 13.0 Å². The molecular formula is C21H23N3O2. The zero-order valence-electron chi connectivity index (χ0n) is 14.9. The fraction of sp³-hybridized carbons (Fsp3) is 0.333. The van der Waals surface area contributed by atoms with Gasteiger partial charge in [0.25, 0.3) is 0 Å². The van der Waals surface area contributed by atoms with Crippen LogP contribution in [-0.4, -0.2) is 32.8 Å². The Morgan fingerprint density at radius 3 is 2.62 bits per heavy atom. The van der Waals surface area contributed by atoms with Crippen molar-refractivity contribution in [2.75, 3.05) is 6.54 Å². The number of nitrogens with zero attached hydrogens (tertiary/aromatic N) is 3. The zero-order chi connectivity index (χ0) is 17.9. The average molecular weight is 349 g/mol. The molecule has 0 spiro atoms. The Kier molecular flexibility index (Phi) is 4.82. The van der Waals surface area contributed by atoms with Gasteiger partial charge < -0.3 is 9.63 Å². The fourth-order valence-electron chi connectivity index (χ4n) is 3.49. The van der Waals surface area contributed by atoms with Gasteiger partial charge in [0, 0.05) is 19.5 Å². The lowest BCUT2D eigenvalue weighted by atomic mass is 10.1. The molecule has 1 N–H and O–H groups in total. The molecule has 1 aromatic heterocycles. The van der Waals surface area contributed by atoms with Crippen LogP contribution in [0.4, 0.5) is 0 Å². The molecule has 1 aliphatic rings. The Morgan fingerprint density at radius 2 is 1.85 bits per heavy atom. The SMILES string of the molecule is Cc1ccc(CN2CC(O)CC2c2nc(Cc3ccccc3)no2)cc1. The quantitative estimate of drug-likeness (QED) is 0.766. The number of rotatable bonds is 5. The monoisotopic (exact) mass is 349 g/mol. The molecule has 4 rings (SSSR count). The van der Waals surface area contributed by atoms with Crippen LogP contribution in [0, 0.1) is 6.92 Å². The number of aliphatic hydroxyl groups excluding tert-OH is 1. The number of aryl methyl sites for hydroxylation is 1. The number of hydrogen-bond acceptors (Lipinski definition) is 5. The van der Waals surface area contributed by atoms with Crippen molar-refractivity contribution in [3.8, 4) is 0 Å². The molecule has 1 fully saturated rings. The van der Waals surface area contributed by atoms with Crippen LogP contribution in [0.25, 0.3) is 0 Å². The molecule has 0 aliphatic carbocycles. The van der Waals surface area contributed by atoms with Gasteiger partial charge in [-0.1, -0.05) is 65.3 Å². The topological polar surface area (TPSA) is 62.4 Å². The van der Waals surface area contributed by atoms with E-state index in [9.17, 15) is 5.11 Å². The highest BCUT2D eigenvalue weighted by molar-refractivity contribution is 5.22. The van der Waals surface area contributed by atoms with Crippen molar-refractivity contribution in [3.05, 3.63) is 83.0 Å². The predicted molar refractivity (Wildman–Crippen MR) is 98.5 cm³/mol. The maximum Gasteiger partial charge on any atom is 0.244 e. The highest BCUT2D eigenvalue weighted by atomic mass is 16.5. The van der Waals surface area contributed by atoms with Crippen molar-refractivity contribution in [2.24, 2.45) is 0 Å². The Balaban J connectivity index is 1.49. The van der Waals surface area contributed by atoms with Crippen LogP contribution in [0.3, 0.4) is 0 Å². The molecule has 0 saturated carbocycles. The van der Waals surface area contributed by atoms with E-state index in [2.05, 4.69) is 58.4 Å². The molecule has 2 aromatic carbocycles. The molecule has 1 aliphatic heterocycles. The molecular weight excluding hydrogens is 326 g/mol. The van der Waals surface area contributed by atoms with E-state index in [1.54, 1.807) is 0 Å². The first-order valence-electron chi connectivity index (χ1n) is 9.01. The van der Waals surface area contributed by atoms with E-state index < -0.39 is 0 Å². The zero-order valence-corrected chi connectivity index (χ0v) is 14.9. The van der Waals surface area contributed by atoms with E-state index in [1.165, 1.54) is 11.1 Å². The lowest BCUT2D eigenvalue weighted by Gasteiger charge is -2.21. The maximum atomic E-state index is 10.2. The standard InChI is InChI=1S/C21H23N3O2/c1-15-7-9-17(10-8-15)13-24-14-18(25)12-19(24)21-22-20(23-26-21)11-16-5-3-2-4-6-16/h2-10,18-19,25H,11-14H2,1H3. The highest BCUT2D eigenvalue weighted by Crippen LogP contribution is 2.32. The van der Waals surface area contributed by atoms with E-state index in [0.717, 1.165) is 12.1 Å². The van der Waals surface area contributed by atoms with Gasteiger partial charge in [-0.05, 0) is 24.5 Å². The molecule has 3 aromatic rings. The largest absolute Gasteiger partial charge is 0.392 e. The number of aliphatic hydroxyl groups is 1. The third-order valence-electron chi connectivity index (χ3n) is 4.86. The Bertz CT molecular complexity index is 845. The minimum Gasteiger partial charge on any atom is -0.392 e. The third-order valence-corrected chi connectivity index (χ3v) is 4.86. The summed E-state index contributed by atoms with van der Waals surface area (Å²) in [6.45, 7) is 3.46. The number of likely N-dealkylation sites (tertiary alicyclic amines) is 1. The van der Waals surface area contributed by atoms with E-state index >= 15 is 0 Å². The summed E-state index contributed by atoms with van der Waals surface area (Å²) in [6.07, 6.45) is 0.908. The van der Waals surface area contributed by atoms with Gasteiger partial charge in [-0.15, -0.1) is 0 Å². The van der Waals surface area contributed by atoms with E-state index in [1.807, 2.05) is 18.2 Å². The van der Waals surface area contributed by atoms with Crippen LogP contribution in [0.2, 0.25) is 0 Å². The molecule has 2 atom stereocenters. The van der Waals surface area contributed by atoms with Gasteiger partial charge in [0.15, 0.2) is 5.82 Å². The average Bonchev–Trinajstić information content (AvgIpc) is 3.24. The van der Waals surface area contributed by atoms with Gasteiger partial charge in [-0.3, -0.25) is 4.90 Å². The van der Waals surface area contributed by atoms with Crippen molar-refractivity contribution < 1.29 is 9.63 Å². The van der Waals surface area contributed by atoms with Crippen LogP contribution in [0.15, 0.2) is 59.1 Å². The molecule has 26 heavy (non-hydrogen) atoms. The molecule has 2 unspecified atom stereocenters. The fourth-order valence-corrected chi connectivity index (χ4v) is 3.49. The van der Waals surface area contributed by atoms with E-state index in [0.29, 0.717) is 31.1 Å². The molecule has 0 radical (unpaired) electrons. The third kappa shape index (κ3) is 3.84. The molecule has 5 nitrogen and oxygen atoms in total. The molecule has 0 amide bonds. The number of benzene rings is 2. The van der Waals surface area contributed by atoms with Crippen LogP contribution < -0.4 is 0 Å². The normalized spacial score (nSPS) is 20.5. The van der Waals surface area contributed by atoms with Gasteiger partial charge in [0.05, 0.1) is 12.1 Å². The first-order chi connectivity index (χ1) is 12.7. The van der Waals surface area contributed by atoms with E-state index in [4.69, 9.17) is 4.52 Å². The second-order valence-corrected chi connectivity index (χ2v) is 7.03. The summed E-state index contributed by atoms with van der Waals surface area (Å²) >= 11 is 0. The summed E-state index contributed by atoms with van der Waals surface area (Å²) in [5.74, 6) is 1.28. The number of aromatic nitrogens is 2. The summed E-state index contributed by atoms with van der Waals surface area (Å²) in [6, 6.07) is 18.6. The molecule has 5 heteroatoms. The molecule has 1 saturated heterocycles. The summed E-state index contributed by atoms with van der Waals surface area (Å²) in [5.41, 5.74) is 3.62. The highest BCUT2D eigenvalue weighted by Gasteiger charge is 2.35. The van der Waals surface area contributed by atoms with Crippen LogP contribution in [0.1, 0.15) is 40.9 Å². The summed E-state index contributed by atoms with van der Waals surface area (Å²) in [4.78, 5) is 6.81. The lowest BCUT2D eigenvalue weighted by Crippen LogP contribution is -2.24. The van der Waals surface area contributed by atoms with Gasteiger partial charge in [0.2, 0.25) is 5.89 Å². The van der Waals surface area contributed by atoms with Crippen LogP contribution in [0.5, 0.6) is 0 Å². The molecule has 134 valence electrons. The number of hydrogen-bond donors (Lipinski definition) is 1. The lowest BCUT2D eigenvalue weighted by molar-refractivity contribution is 0.169. The minimum atomic E-state index is -0.366. The molecule has 2 heterocycles. The van der Waals surface area contributed by atoms with E-state index in [-0.39, 0.29) is 12.1 Å². The maximum absolute atomic E-state index is 10.2. The van der Waals surface area contributed by atoms with Crippen LogP contribution >= 0.6 is 0 Å². The first-order valence-corrected chi connectivity index (χ1v) is 9.01. The predicted octanol–water partition coefficient (Wildman–Crippen LogP) is 3.28. The Morgan fingerprint density at radius 1 is 1.08 bits per heavy atom. The van der Waals surface area contributed by atoms with Gasteiger partial charge in [0.1, 0.15) is 0 Å². The second kappa shape index (κ2) is 7.40. The van der Waals surface area contributed by atoms with Crippen molar-refractivity contribution >= 4 is 0 Å². The van der Waals surface area contributed by atoms with Crippen molar-refractivity contribution in [2.45, 2.75) is 38.5 Å². The van der Waals surface area contributed by atoms with Crippen molar-refractivity contribution in [1.82, 2.24) is 15.0 Å². The summed E-state index contributed by atoms with van der Waals surface area (Å²) < 4.78 is 5.54. The van der Waals surface area contributed by atoms with Gasteiger partial charge in [-0.25, -0.2) is 0 Å². The summed E-state index contributed by atoms with van der Waals surface area (Å²) in [7, 11) is 0. The minimum absolute atomic E-state index is 0.0386.